The maximum atomic E-state index is 12.7. The molecule has 0 radical (unpaired) electrons. The Balaban J connectivity index is 3.89. The van der Waals surface area contributed by atoms with Crippen LogP contribution in [0.1, 0.15) is 271 Å². The zero-order chi connectivity index (χ0) is 48.8. The molecule has 0 aromatic carbocycles. The first-order valence-electron chi connectivity index (χ1n) is 28.1. The predicted molar refractivity (Wildman–Crippen MR) is 284 cm³/mol. The van der Waals surface area contributed by atoms with Gasteiger partial charge in [0, 0.05) is 19.4 Å². The number of rotatable bonds is 53. The fraction of sp³-hybridized carbons (Fsp3) is 0.825. The minimum atomic E-state index is -4.38. The Morgan fingerprint density at radius 3 is 1.22 bits per heavy atom. The second kappa shape index (κ2) is 53.3. The van der Waals surface area contributed by atoms with E-state index in [2.05, 4.69) is 62.5 Å². The normalized spacial score (nSPS) is 13.4. The Morgan fingerprint density at radius 1 is 0.463 bits per heavy atom. The quantitative estimate of drug-likeness (QED) is 0.0264. The van der Waals surface area contributed by atoms with E-state index >= 15 is 0 Å². The molecule has 0 amide bonds. The Hall–Kier alpha value is -2.03. The minimum absolute atomic E-state index is 0.0551. The van der Waals surface area contributed by atoms with Gasteiger partial charge in [-0.25, -0.2) is 4.57 Å². The van der Waals surface area contributed by atoms with Crippen molar-refractivity contribution >= 4 is 19.8 Å². The summed E-state index contributed by atoms with van der Waals surface area (Å²) in [5.74, 6) is -0.814. The minimum Gasteiger partial charge on any atom is -0.462 e. The molecular formula is C57H106NO8P. The van der Waals surface area contributed by atoms with E-state index in [-0.39, 0.29) is 38.6 Å². The van der Waals surface area contributed by atoms with Crippen LogP contribution in [0.4, 0.5) is 0 Å². The molecule has 2 atom stereocenters. The van der Waals surface area contributed by atoms with Crippen LogP contribution in [0.3, 0.4) is 0 Å². The summed E-state index contributed by atoms with van der Waals surface area (Å²) in [5.41, 5.74) is 5.37. The van der Waals surface area contributed by atoms with Crippen LogP contribution < -0.4 is 5.73 Å². The Morgan fingerprint density at radius 2 is 0.821 bits per heavy atom. The third-order valence-corrected chi connectivity index (χ3v) is 13.2. The van der Waals surface area contributed by atoms with Crippen LogP contribution in [0.5, 0.6) is 0 Å². The molecule has 10 heteroatoms. The molecule has 0 aliphatic carbocycles. The second-order valence-corrected chi connectivity index (χ2v) is 20.2. The molecule has 2 unspecified atom stereocenters. The number of allylic oxidation sites excluding steroid dienone is 8. The average molecular weight is 964 g/mol. The molecular weight excluding hydrogens is 858 g/mol. The Labute approximate surface area is 413 Å². The molecule has 392 valence electrons. The highest BCUT2D eigenvalue weighted by Gasteiger charge is 2.26. The molecule has 9 nitrogen and oxygen atoms in total. The van der Waals surface area contributed by atoms with E-state index < -0.39 is 26.5 Å². The number of phosphoric ester groups is 1. The van der Waals surface area contributed by atoms with E-state index in [9.17, 15) is 19.0 Å². The number of ether oxygens (including phenoxy) is 2. The van der Waals surface area contributed by atoms with Crippen LogP contribution in [-0.4, -0.2) is 49.3 Å². The van der Waals surface area contributed by atoms with E-state index in [1.807, 2.05) is 0 Å². The van der Waals surface area contributed by atoms with Crippen LogP contribution in [0.15, 0.2) is 48.6 Å². The van der Waals surface area contributed by atoms with Gasteiger partial charge >= 0.3 is 19.8 Å². The van der Waals surface area contributed by atoms with E-state index in [4.69, 9.17) is 24.3 Å². The largest absolute Gasteiger partial charge is 0.472 e. The van der Waals surface area contributed by atoms with Crippen molar-refractivity contribution in [2.75, 3.05) is 26.4 Å². The third-order valence-electron chi connectivity index (χ3n) is 12.2. The molecule has 0 fully saturated rings. The molecule has 0 aliphatic rings. The Kier molecular flexibility index (Phi) is 51.7. The van der Waals surface area contributed by atoms with Gasteiger partial charge in [0.05, 0.1) is 13.2 Å². The van der Waals surface area contributed by atoms with Gasteiger partial charge in [-0.15, -0.1) is 0 Å². The van der Waals surface area contributed by atoms with Gasteiger partial charge < -0.3 is 20.1 Å². The van der Waals surface area contributed by atoms with Gasteiger partial charge in [0.15, 0.2) is 6.10 Å². The molecule has 3 N–H and O–H groups in total. The van der Waals surface area contributed by atoms with Gasteiger partial charge in [0.25, 0.3) is 0 Å². The Bertz CT molecular complexity index is 1240. The molecule has 0 rings (SSSR count). The summed E-state index contributed by atoms with van der Waals surface area (Å²) in [6.07, 6.45) is 64.5. The van der Waals surface area contributed by atoms with Crippen LogP contribution >= 0.6 is 7.82 Å². The third kappa shape index (κ3) is 53.2. The van der Waals surface area contributed by atoms with E-state index in [0.717, 1.165) is 57.8 Å². The lowest BCUT2D eigenvalue weighted by Gasteiger charge is -2.19. The summed E-state index contributed by atoms with van der Waals surface area (Å²) in [7, 11) is -4.38. The fourth-order valence-corrected chi connectivity index (χ4v) is 8.87. The van der Waals surface area contributed by atoms with Crippen molar-refractivity contribution in [1.82, 2.24) is 0 Å². The maximum absolute atomic E-state index is 12.7. The molecule has 0 saturated heterocycles. The second-order valence-electron chi connectivity index (χ2n) is 18.8. The number of carbonyl (C=O) groups is 2. The summed E-state index contributed by atoms with van der Waals surface area (Å²) in [4.78, 5) is 35.1. The highest BCUT2D eigenvalue weighted by atomic mass is 31.2. The van der Waals surface area contributed by atoms with Gasteiger partial charge in [0.2, 0.25) is 0 Å². The summed E-state index contributed by atoms with van der Waals surface area (Å²) in [5, 5.41) is 0. The number of esters is 2. The standard InChI is InChI=1S/C57H106NO8P/c1-3-5-7-9-11-13-15-17-19-20-21-22-23-24-25-26-27-28-29-30-31-32-33-34-36-38-40-42-44-46-48-50-57(60)66-55(54-65-67(61,62)64-52-51-58)53-63-56(59)49-47-45-43-41-39-37-35-18-16-14-12-10-8-6-4-2/h5,7,11,13,17,19,21-22,55H,3-4,6,8-10,12,14-16,18,20,23-54,58H2,1-2H3,(H,61,62)/b7-5-,13-11-,19-17-,22-21-. The molecule has 67 heavy (non-hydrogen) atoms. The van der Waals surface area contributed by atoms with Crippen molar-refractivity contribution < 1.29 is 37.6 Å². The van der Waals surface area contributed by atoms with Crippen molar-refractivity contribution in [3.05, 3.63) is 48.6 Å². The van der Waals surface area contributed by atoms with Crippen LogP contribution in [0, 0.1) is 0 Å². The van der Waals surface area contributed by atoms with Crippen LogP contribution in [-0.2, 0) is 32.7 Å². The molecule has 0 spiro atoms. The fourth-order valence-electron chi connectivity index (χ4n) is 8.10. The summed E-state index contributed by atoms with van der Waals surface area (Å²) < 4.78 is 33.0. The first-order chi connectivity index (χ1) is 32.8. The van der Waals surface area contributed by atoms with Crippen molar-refractivity contribution in [3.8, 4) is 0 Å². The van der Waals surface area contributed by atoms with Crippen molar-refractivity contribution in [3.63, 3.8) is 0 Å². The van der Waals surface area contributed by atoms with Gasteiger partial charge in [-0.3, -0.25) is 18.6 Å². The molecule has 0 aromatic rings. The lowest BCUT2D eigenvalue weighted by Crippen LogP contribution is -2.29. The summed E-state index contributed by atoms with van der Waals surface area (Å²) in [6, 6.07) is 0. The van der Waals surface area contributed by atoms with Gasteiger partial charge in [0.1, 0.15) is 6.61 Å². The monoisotopic (exact) mass is 964 g/mol. The zero-order valence-corrected chi connectivity index (χ0v) is 44.5. The maximum Gasteiger partial charge on any atom is 0.472 e. The number of hydrogen-bond donors (Lipinski definition) is 2. The smallest absolute Gasteiger partial charge is 0.462 e. The highest BCUT2D eigenvalue weighted by molar-refractivity contribution is 7.47. The van der Waals surface area contributed by atoms with Gasteiger partial charge in [-0.05, 0) is 51.4 Å². The molecule has 0 aromatic heterocycles. The molecule has 0 bridgehead atoms. The van der Waals surface area contributed by atoms with Crippen LogP contribution in [0.2, 0.25) is 0 Å². The first-order valence-corrected chi connectivity index (χ1v) is 29.6. The summed E-state index contributed by atoms with van der Waals surface area (Å²) in [6.45, 7) is 3.67. The number of nitrogens with two attached hydrogens (primary N) is 1. The van der Waals surface area contributed by atoms with Crippen molar-refractivity contribution in [2.24, 2.45) is 5.73 Å². The number of carbonyl (C=O) groups excluding carboxylic acids is 2. The lowest BCUT2D eigenvalue weighted by atomic mass is 10.0. The molecule has 0 saturated carbocycles. The number of unbranched alkanes of at least 4 members (excludes halogenated alkanes) is 32. The highest BCUT2D eigenvalue weighted by Crippen LogP contribution is 2.43. The first kappa shape index (κ1) is 65.0. The average Bonchev–Trinajstić information content (AvgIpc) is 3.32. The van der Waals surface area contributed by atoms with E-state index in [0.29, 0.717) is 6.42 Å². The lowest BCUT2D eigenvalue weighted by molar-refractivity contribution is -0.161. The SMILES string of the molecule is CC/C=C\C/C=C\C/C=C\C/C=C\CCCCCCCCCCCCCCCCCCCCC(=O)OC(COC(=O)CCCCCCCCCCCCCCCCC)COP(=O)(O)OCCN. The van der Waals surface area contributed by atoms with Gasteiger partial charge in [-0.1, -0.05) is 255 Å². The predicted octanol–water partition coefficient (Wildman–Crippen LogP) is 17.4. The number of hydrogen-bond acceptors (Lipinski definition) is 8. The van der Waals surface area contributed by atoms with E-state index in [1.54, 1.807) is 0 Å². The van der Waals surface area contributed by atoms with Crippen LogP contribution in [0.25, 0.3) is 0 Å². The number of phosphoric acid groups is 1. The summed E-state index contributed by atoms with van der Waals surface area (Å²) >= 11 is 0. The molecule has 0 aliphatic heterocycles. The van der Waals surface area contributed by atoms with Crippen molar-refractivity contribution in [2.45, 2.75) is 277 Å². The topological polar surface area (TPSA) is 134 Å². The molecule has 0 heterocycles. The van der Waals surface area contributed by atoms with Crippen molar-refractivity contribution in [1.29, 1.82) is 0 Å². The zero-order valence-electron chi connectivity index (χ0n) is 43.6. The van der Waals surface area contributed by atoms with Gasteiger partial charge in [-0.2, -0.15) is 0 Å². The van der Waals surface area contributed by atoms with E-state index in [1.165, 1.54) is 180 Å².